The molecule has 0 unspecified atom stereocenters. The van der Waals surface area contributed by atoms with Gasteiger partial charge in [0.15, 0.2) is 11.5 Å². The smallest absolute Gasteiger partial charge is 0.272 e. The molecule has 0 aliphatic carbocycles. The van der Waals surface area contributed by atoms with Crippen LogP contribution < -0.4 is 19.6 Å². The van der Waals surface area contributed by atoms with Gasteiger partial charge < -0.3 is 9.47 Å². The van der Waals surface area contributed by atoms with Gasteiger partial charge in [0.1, 0.15) is 0 Å². The van der Waals surface area contributed by atoms with E-state index < -0.39 is 15.9 Å². The first-order valence-electron chi connectivity index (χ1n) is 7.51. The van der Waals surface area contributed by atoms with E-state index in [2.05, 4.69) is 15.2 Å². The Kier molecular flexibility index (Phi) is 6.31. The second kappa shape index (κ2) is 8.45. The Labute approximate surface area is 151 Å². The lowest BCUT2D eigenvalue weighted by Gasteiger charge is -2.08. The monoisotopic (exact) mass is 377 g/mol. The molecule has 0 fully saturated rings. The summed E-state index contributed by atoms with van der Waals surface area (Å²) in [5.74, 6) is 0.448. The molecule has 0 heterocycles. The zero-order valence-corrected chi connectivity index (χ0v) is 15.3. The Bertz CT molecular complexity index is 926. The fraction of sp³-hybridized carbons (Fsp3) is 0.176. The van der Waals surface area contributed by atoms with Crippen LogP contribution in [-0.4, -0.2) is 41.8 Å². The van der Waals surface area contributed by atoms with E-state index in [-0.39, 0.29) is 10.5 Å². The molecule has 0 aromatic heterocycles. The zero-order chi connectivity index (χ0) is 19.2. The number of ether oxygens (including phenoxy) is 2. The van der Waals surface area contributed by atoms with Crippen LogP contribution in [0.3, 0.4) is 0 Å². The molecule has 1 amide bonds. The molecule has 138 valence electrons. The van der Waals surface area contributed by atoms with E-state index in [0.717, 1.165) is 0 Å². The fourth-order valence-electron chi connectivity index (χ4n) is 2.16. The quantitative estimate of drug-likeness (QED) is 0.560. The van der Waals surface area contributed by atoms with Crippen molar-refractivity contribution in [2.45, 2.75) is 4.90 Å². The lowest BCUT2D eigenvalue weighted by molar-refractivity contribution is 0.0952. The van der Waals surface area contributed by atoms with Crippen molar-refractivity contribution >= 4 is 22.1 Å². The molecule has 0 saturated heterocycles. The predicted molar refractivity (Wildman–Crippen MR) is 97.3 cm³/mol. The van der Waals surface area contributed by atoms with Crippen molar-refractivity contribution in [3.05, 3.63) is 53.6 Å². The number of hydrazone groups is 1. The van der Waals surface area contributed by atoms with Crippen molar-refractivity contribution in [2.24, 2.45) is 5.10 Å². The third-order valence-corrected chi connectivity index (χ3v) is 4.95. The summed E-state index contributed by atoms with van der Waals surface area (Å²) < 4.78 is 36.5. The van der Waals surface area contributed by atoms with Crippen molar-refractivity contribution in [1.82, 2.24) is 10.1 Å². The summed E-state index contributed by atoms with van der Waals surface area (Å²) in [7, 11) is 0.560. The first-order valence-corrected chi connectivity index (χ1v) is 8.99. The Morgan fingerprint density at radius 1 is 1.08 bits per heavy atom. The Morgan fingerprint density at radius 3 is 2.42 bits per heavy atom. The van der Waals surface area contributed by atoms with E-state index in [1.807, 2.05) is 0 Å². The van der Waals surface area contributed by atoms with Crippen molar-refractivity contribution in [1.29, 1.82) is 0 Å². The maximum atomic E-state index is 12.3. The molecule has 0 radical (unpaired) electrons. The first-order chi connectivity index (χ1) is 12.4. The summed E-state index contributed by atoms with van der Waals surface area (Å²) >= 11 is 0. The van der Waals surface area contributed by atoms with E-state index in [9.17, 15) is 13.2 Å². The van der Waals surface area contributed by atoms with E-state index in [1.54, 1.807) is 24.3 Å². The maximum Gasteiger partial charge on any atom is 0.272 e. The number of sulfonamides is 1. The van der Waals surface area contributed by atoms with Gasteiger partial charge in [-0.15, -0.1) is 0 Å². The van der Waals surface area contributed by atoms with Gasteiger partial charge in [0, 0.05) is 0 Å². The minimum absolute atomic E-state index is 0.00804. The first kappa shape index (κ1) is 19.4. The summed E-state index contributed by atoms with van der Waals surface area (Å²) in [4.78, 5) is 12.2. The van der Waals surface area contributed by atoms with Crippen molar-refractivity contribution in [2.75, 3.05) is 21.3 Å². The zero-order valence-electron chi connectivity index (χ0n) is 14.5. The Hall–Kier alpha value is -2.91. The Balaban J connectivity index is 2.19. The van der Waals surface area contributed by atoms with Crippen LogP contribution in [0.25, 0.3) is 0 Å². The van der Waals surface area contributed by atoms with Gasteiger partial charge in [-0.1, -0.05) is 12.1 Å². The summed E-state index contributed by atoms with van der Waals surface area (Å²) in [6, 6.07) is 11.0. The molecule has 0 spiro atoms. The molecule has 2 rings (SSSR count). The number of nitrogens with zero attached hydrogens (tertiary/aromatic N) is 1. The highest BCUT2D eigenvalue weighted by atomic mass is 32.2. The van der Waals surface area contributed by atoms with E-state index in [0.29, 0.717) is 17.1 Å². The van der Waals surface area contributed by atoms with Crippen LogP contribution in [0.15, 0.2) is 52.5 Å². The number of carbonyl (C=O) groups is 1. The number of benzene rings is 2. The van der Waals surface area contributed by atoms with Crippen molar-refractivity contribution in [3.8, 4) is 11.5 Å². The maximum absolute atomic E-state index is 12.3. The SMILES string of the molecule is CNS(=O)(=O)c1ccccc1C(=O)NN=Cc1ccc(OC)c(OC)c1. The second-order valence-corrected chi connectivity index (χ2v) is 6.87. The molecule has 0 atom stereocenters. The molecular weight excluding hydrogens is 358 g/mol. The molecule has 0 aliphatic heterocycles. The molecule has 0 aliphatic rings. The second-order valence-electron chi connectivity index (χ2n) is 5.02. The number of hydrogen-bond donors (Lipinski definition) is 2. The minimum atomic E-state index is -3.76. The summed E-state index contributed by atoms with van der Waals surface area (Å²) in [6.45, 7) is 0. The molecule has 2 aromatic rings. The number of hydrogen-bond acceptors (Lipinski definition) is 6. The van der Waals surface area contributed by atoms with Gasteiger partial charge in [-0.05, 0) is 42.9 Å². The number of methoxy groups -OCH3 is 2. The minimum Gasteiger partial charge on any atom is -0.493 e. The lowest BCUT2D eigenvalue weighted by Crippen LogP contribution is -2.25. The fourth-order valence-corrected chi connectivity index (χ4v) is 3.09. The van der Waals surface area contributed by atoms with Crippen LogP contribution in [0.2, 0.25) is 0 Å². The topological polar surface area (TPSA) is 106 Å². The van der Waals surface area contributed by atoms with Crippen LogP contribution in [0.5, 0.6) is 11.5 Å². The normalized spacial score (nSPS) is 11.3. The highest BCUT2D eigenvalue weighted by Crippen LogP contribution is 2.26. The van der Waals surface area contributed by atoms with Gasteiger partial charge in [0.05, 0.1) is 30.9 Å². The third-order valence-electron chi connectivity index (χ3n) is 3.48. The average molecular weight is 377 g/mol. The van der Waals surface area contributed by atoms with E-state index in [1.165, 1.54) is 45.7 Å². The number of rotatable bonds is 7. The van der Waals surface area contributed by atoms with Crippen molar-refractivity contribution < 1.29 is 22.7 Å². The van der Waals surface area contributed by atoms with Gasteiger partial charge in [0.2, 0.25) is 10.0 Å². The van der Waals surface area contributed by atoms with Gasteiger partial charge in [0.25, 0.3) is 5.91 Å². The van der Waals surface area contributed by atoms with Crippen LogP contribution in [0.1, 0.15) is 15.9 Å². The molecule has 2 N–H and O–H groups in total. The average Bonchev–Trinajstić information content (AvgIpc) is 2.67. The van der Waals surface area contributed by atoms with Crippen molar-refractivity contribution in [3.63, 3.8) is 0 Å². The number of nitrogens with one attached hydrogen (secondary N) is 2. The molecule has 9 heteroatoms. The van der Waals surface area contributed by atoms with Crippen LogP contribution in [-0.2, 0) is 10.0 Å². The van der Waals surface area contributed by atoms with Gasteiger partial charge >= 0.3 is 0 Å². The van der Waals surface area contributed by atoms with Gasteiger partial charge in [-0.25, -0.2) is 18.6 Å². The molecule has 0 saturated carbocycles. The number of carbonyl (C=O) groups excluding carboxylic acids is 1. The highest BCUT2D eigenvalue weighted by Gasteiger charge is 2.20. The van der Waals surface area contributed by atoms with Gasteiger partial charge in [-0.3, -0.25) is 4.79 Å². The summed E-state index contributed by atoms with van der Waals surface area (Å²) in [5, 5.41) is 3.86. The summed E-state index contributed by atoms with van der Waals surface area (Å²) in [5.41, 5.74) is 2.97. The molecule has 26 heavy (non-hydrogen) atoms. The third kappa shape index (κ3) is 4.38. The molecule has 8 nitrogen and oxygen atoms in total. The summed E-state index contributed by atoms with van der Waals surface area (Å²) in [6.07, 6.45) is 1.41. The number of amides is 1. The van der Waals surface area contributed by atoms with E-state index >= 15 is 0 Å². The molecule has 0 bridgehead atoms. The standard InChI is InChI=1S/C17H19N3O5S/c1-18-26(22,23)16-7-5-4-6-13(16)17(21)20-19-11-12-8-9-14(24-2)15(10-12)25-3/h4-11,18H,1-3H3,(H,20,21). The van der Waals surface area contributed by atoms with Crippen LogP contribution in [0.4, 0.5) is 0 Å². The largest absolute Gasteiger partial charge is 0.493 e. The van der Waals surface area contributed by atoms with Gasteiger partial charge in [-0.2, -0.15) is 5.10 Å². The molecule has 2 aromatic carbocycles. The predicted octanol–water partition coefficient (Wildman–Crippen LogP) is 1.38. The highest BCUT2D eigenvalue weighted by molar-refractivity contribution is 7.89. The molecular formula is C17H19N3O5S. The lowest BCUT2D eigenvalue weighted by atomic mass is 10.2. The van der Waals surface area contributed by atoms with Crippen LogP contribution in [0, 0.1) is 0 Å². The van der Waals surface area contributed by atoms with Crippen LogP contribution >= 0.6 is 0 Å². The Morgan fingerprint density at radius 2 is 1.77 bits per heavy atom. The van der Waals surface area contributed by atoms with E-state index in [4.69, 9.17) is 9.47 Å².